The fourth-order valence-corrected chi connectivity index (χ4v) is 10.2. The van der Waals surface area contributed by atoms with Gasteiger partial charge in [-0.05, 0) is 128 Å². The Hall–Kier alpha value is -8.86. The second kappa shape index (κ2) is 24.1. The number of nitrogens with one attached hydrogen (secondary N) is 6. The second-order valence-corrected chi connectivity index (χ2v) is 22.1. The van der Waals surface area contributed by atoms with Gasteiger partial charge in [-0.25, -0.2) is 29.9 Å². The smallest absolute Gasteiger partial charge is 0.370 e. The predicted octanol–water partition coefficient (Wildman–Crippen LogP) is 13.5. The van der Waals surface area contributed by atoms with Gasteiger partial charge in [0.15, 0.2) is 11.6 Å². The first-order valence-electron chi connectivity index (χ1n) is 26.8. The van der Waals surface area contributed by atoms with Crippen LogP contribution in [-0.2, 0) is 12.4 Å². The number of nitrogens with zero attached hydrogens (tertiary/aromatic N) is 10. The number of nitriles is 2. The largest absolute Gasteiger partial charge is 0.433 e. The molecule has 82 heavy (non-hydrogen) atoms. The van der Waals surface area contributed by atoms with Crippen LogP contribution in [0.15, 0.2) is 122 Å². The molecule has 0 amide bonds. The molecule has 0 spiro atoms. The van der Waals surface area contributed by atoms with Crippen molar-refractivity contribution in [3.63, 3.8) is 0 Å². The number of piperidine rings is 2. The van der Waals surface area contributed by atoms with E-state index in [0.29, 0.717) is 57.6 Å². The highest BCUT2D eigenvalue weighted by Gasteiger charge is 2.34. The summed E-state index contributed by atoms with van der Waals surface area (Å²) in [6, 6.07) is 36.5. The van der Waals surface area contributed by atoms with Crippen molar-refractivity contribution in [2.75, 3.05) is 57.2 Å². The van der Waals surface area contributed by atoms with Crippen LogP contribution in [0.2, 0.25) is 0 Å². The summed E-state index contributed by atoms with van der Waals surface area (Å²) in [5, 5.41) is 42.0. The maximum atomic E-state index is 13.1. The summed E-state index contributed by atoms with van der Waals surface area (Å²) in [5.41, 5.74) is 4.21. The molecule has 0 aliphatic carbocycles. The van der Waals surface area contributed by atoms with E-state index in [1.807, 2.05) is 48.5 Å². The highest BCUT2D eigenvalue weighted by Crippen LogP contribution is 2.40. The van der Waals surface area contributed by atoms with Gasteiger partial charge in [0.05, 0.1) is 22.4 Å². The molecule has 16 nitrogen and oxygen atoms in total. The Labute approximate surface area is 471 Å². The Kier molecular flexibility index (Phi) is 17.0. The maximum Gasteiger partial charge on any atom is 0.433 e. The lowest BCUT2D eigenvalue weighted by molar-refractivity contribution is -0.141. The molecule has 0 unspecified atom stereocenters. The van der Waals surface area contributed by atoms with Crippen LogP contribution in [-0.4, -0.2) is 79.2 Å². The van der Waals surface area contributed by atoms with Gasteiger partial charge in [-0.1, -0.05) is 48.5 Å². The molecule has 0 atom stereocenters. The summed E-state index contributed by atoms with van der Waals surface area (Å²) in [4.78, 5) is 29.0. The van der Waals surface area contributed by atoms with Crippen LogP contribution in [0.1, 0.15) is 89.7 Å². The van der Waals surface area contributed by atoms with Crippen LogP contribution in [0.5, 0.6) is 0 Å². The van der Waals surface area contributed by atoms with Crippen LogP contribution in [0.3, 0.4) is 0 Å². The number of fused-ring (bicyclic) bond motifs is 2. The molecule has 2 aliphatic rings. The minimum Gasteiger partial charge on any atom is -0.370 e. The van der Waals surface area contributed by atoms with Gasteiger partial charge in [-0.2, -0.15) is 36.9 Å². The average Bonchev–Trinajstić information content (AvgIpc) is 3.50. The third kappa shape index (κ3) is 14.5. The van der Waals surface area contributed by atoms with Crippen LogP contribution in [0.25, 0.3) is 21.8 Å². The number of para-hydroxylation sites is 2. The summed E-state index contributed by atoms with van der Waals surface area (Å²) >= 11 is 0. The summed E-state index contributed by atoms with van der Waals surface area (Å²) in [5.74, 6) is 0.461. The van der Waals surface area contributed by atoms with E-state index >= 15 is 0 Å². The highest BCUT2D eigenvalue weighted by atomic mass is 19.4. The minimum absolute atomic E-state index is 0.0295. The van der Waals surface area contributed by atoms with Crippen LogP contribution >= 0.6 is 0 Å². The zero-order chi connectivity index (χ0) is 58.4. The first-order chi connectivity index (χ1) is 39.0. The van der Waals surface area contributed by atoms with Crippen molar-refractivity contribution in [2.45, 2.75) is 103 Å². The standard InChI is InChI=1S/2C30H31F3N8/c2*1-29(2,3)40-19-12-15-41(16-13-19)26-22-9-4-5-10-24(22)38-27(23(26)18-34)36-20-7-6-8-21(17-20)37-28-35-14-11-25(39-28)30(31,32)33/h2*4-11,14,17,19,40H,12-13,15-16H2,1-3H3,(H,36,38)(H,35,37,39). The highest BCUT2D eigenvalue weighted by molar-refractivity contribution is 5.99. The zero-order valence-corrected chi connectivity index (χ0v) is 46.1. The molecule has 2 aliphatic heterocycles. The molecule has 2 saturated heterocycles. The summed E-state index contributed by atoms with van der Waals surface area (Å²) < 4.78 is 78.5. The van der Waals surface area contributed by atoms with E-state index in [9.17, 15) is 36.9 Å². The van der Waals surface area contributed by atoms with Gasteiger partial charge in [0, 0.05) is 95.3 Å². The lowest BCUT2D eigenvalue weighted by Crippen LogP contribution is -2.49. The van der Waals surface area contributed by atoms with Gasteiger partial charge in [0.2, 0.25) is 11.9 Å². The van der Waals surface area contributed by atoms with Crippen molar-refractivity contribution in [1.29, 1.82) is 10.5 Å². The fraction of sp³-hybridized carbons (Fsp3) is 0.333. The molecule has 0 radical (unpaired) electrons. The van der Waals surface area contributed by atoms with Gasteiger partial charge < -0.3 is 41.7 Å². The van der Waals surface area contributed by atoms with Crippen LogP contribution < -0.4 is 41.7 Å². The third-order valence-corrected chi connectivity index (χ3v) is 13.5. The monoisotopic (exact) mass is 1120 g/mol. The normalized spacial score (nSPS) is 14.6. The van der Waals surface area contributed by atoms with Crippen LogP contribution in [0.4, 0.5) is 84.0 Å². The molecular weight excluding hydrogens is 1060 g/mol. The van der Waals surface area contributed by atoms with Crippen molar-refractivity contribution in [3.8, 4) is 12.1 Å². The number of halogens is 6. The first kappa shape index (κ1) is 57.8. The lowest BCUT2D eigenvalue weighted by Gasteiger charge is -2.38. The fourth-order valence-electron chi connectivity index (χ4n) is 10.2. The van der Waals surface area contributed by atoms with Crippen LogP contribution in [0, 0.1) is 22.7 Å². The van der Waals surface area contributed by atoms with Gasteiger partial charge >= 0.3 is 12.4 Å². The lowest BCUT2D eigenvalue weighted by atomic mass is 9.98. The molecule has 0 bridgehead atoms. The minimum atomic E-state index is -4.58. The molecule has 10 rings (SSSR count). The number of pyridine rings is 2. The molecule has 0 saturated carbocycles. The number of aromatic nitrogens is 6. The Bertz CT molecular complexity index is 3400. The Morgan fingerprint density at radius 2 is 0.817 bits per heavy atom. The maximum absolute atomic E-state index is 13.1. The molecule has 22 heteroatoms. The van der Waals surface area contributed by atoms with Gasteiger partial charge in [0.25, 0.3) is 0 Å². The van der Waals surface area contributed by atoms with Crippen molar-refractivity contribution in [3.05, 3.63) is 144 Å². The SMILES string of the molecule is CC(C)(C)NC1CCN(c2c(C#N)c(Nc3cccc(Nc4nccc(C(F)(F)F)n4)c3)nc3ccccc23)CC1.CC(C)(C)NC1CCN(c2c(C#N)c(Nc3cccc(Nc4nccc(C(F)(F)F)n4)c3)nc3ccccc23)CC1. The quantitative estimate of drug-likeness (QED) is 0.0630. The van der Waals surface area contributed by atoms with Crippen molar-refractivity contribution < 1.29 is 26.3 Å². The van der Waals surface area contributed by atoms with E-state index in [2.05, 4.69) is 115 Å². The number of benzene rings is 4. The second-order valence-electron chi connectivity index (χ2n) is 22.1. The van der Waals surface area contributed by atoms with Gasteiger partial charge in [-0.15, -0.1) is 0 Å². The average molecular weight is 1120 g/mol. The molecule has 2 fully saturated rings. The summed E-state index contributed by atoms with van der Waals surface area (Å²) in [6.07, 6.45) is -3.23. The Morgan fingerprint density at radius 1 is 0.463 bits per heavy atom. The topological polar surface area (TPSA) is 204 Å². The zero-order valence-electron chi connectivity index (χ0n) is 46.1. The van der Waals surface area contributed by atoms with Crippen molar-refractivity contribution in [1.82, 2.24) is 40.5 Å². The summed E-state index contributed by atoms with van der Waals surface area (Å²) in [6.45, 7) is 16.2. The number of hydrogen-bond acceptors (Lipinski definition) is 16. The first-order valence-corrected chi connectivity index (χ1v) is 26.8. The van der Waals surface area contributed by atoms with E-state index in [0.717, 1.165) is 110 Å². The van der Waals surface area contributed by atoms with Gasteiger partial charge in [-0.3, -0.25) is 0 Å². The van der Waals surface area contributed by atoms with E-state index < -0.39 is 23.7 Å². The molecule has 8 aromatic rings. The molecule has 6 N–H and O–H groups in total. The van der Waals surface area contributed by atoms with Gasteiger partial charge in [0.1, 0.15) is 34.7 Å². The predicted molar refractivity (Wildman–Crippen MR) is 309 cm³/mol. The molecule has 4 aromatic carbocycles. The molecular formula is C60H62F6N16. The Balaban J connectivity index is 0.000000198. The summed E-state index contributed by atoms with van der Waals surface area (Å²) in [7, 11) is 0. The van der Waals surface area contributed by atoms with Crippen molar-refractivity contribution in [2.24, 2.45) is 0 Å². The van der Waals surface area contributed by atoms with Crippen molar-refractivity contribution >= 4 is 79.5 Å². The number of hydrogen-bond donors (Lipinski definition) is 6. The number of rotatable bonds is 12. The number of alkyl halides is 6. The Morgan fingerprint density at radius 3 is 1.16 bits per heavy atom. The molecule has 6 heterocycles. The van der Waals surface area contributed by atoms with E-state index in [1.54, 1.807) is 48.5 Å². The van der Waals surface area contributed by atoms with E-state index in [4.69, 9.17) is 9.97 Å². The van der Waals surface area contributed by atoms with E-state index in [-0.39, 0.29) is 23.0 Å². The third-order valence-electron chi connectivity index (χ3n) is 13.5. The molecule has 424 valence electrons. The molecule has 4 aromatic heterocycles. The number of anilines is 10. The van der Waals surface area contributed by atoms with E-state index in [1.165, 1.54) is 0 Å².